The van der Waals surface area contributed by atoms with Crippen LogP contribution < -0.4 is 15.5 Å². The first kappa shape index (κ1) is 18.6. The molecule has 1 saturated heterocycles. The van der Waals surface area contributed by atoms with Crippen LogP contribution in [0.25, 0.3) is 11.0 Å². The summed E-state index contributed by atoms with van der Waals surface area (Å²) < 4.78 is 5.36. The number of ether oxygens (including phenoxy) is 1. The molecule has 0 aromatic carbocycles. The summed E-state index contributed by atoms with van der Waals surface area (Å²) in [4.78, 5) is 34.1. The molecule has 2 aromatic rings. The van der Waals surface area contributed by atoms with Crippen LogP contribution in [0.3, 0.4) is 0 Å². The lowest BCUT2D eigenvalue weighted by Gasteiger charge is -2.23. The molecular weight excluding hydrogens is 358 g/mol. The Morgan fingerprint density at radius 1 is 1.29 bits per heavy atom. The van der Waals surface area contributed by atoms with Crippen molar-refractivity contribution in [2.75, 3.05) is 23.3 Å². The third-order valence-corrected chi connectivity index (χ3v) is 4.96. The fraction of sp³-hybridized carbons (Fsp3) is 0.550. The highest BCUT2D eigenvalue weighted by molar-refractivity contribution is 5.97. The summed E-state index contributed by atoms with van der Waals surface area (Å²) >= 11 is 0. The fourth-order valence-corrected chi connectivity index (χ4v) is 3.49. The van der Waals surface area contributed by atoms with Crippen molar-refractivity contribution in [3.8, 4) is 0 Å². The van der Waals surface area contributed by atoms with E-state index >= 15 is 0 Å². The Morgan fingerprint density at radius 2 is 2.07 bits per heavy atom. The Hall–Kier alpha value is -2.77. The van der Waals surface area contributed by atoms with E-state index in [0.29, 0.717) is 12.4 Å². The monoisotopic (exact) mass is 385 g/mol. The maximum absolute atomic E-state index is 12.1. The molecule has 1 aliphatic heterocycles. The molecule has 28 heavy (non-hydrogen) atoms. The Morgan fingerprint density at radius 3 is 2.79 bits per heavy atom. The van der Waals surface area contributed by atoms with Gasteiger partial charge in [-0.3, -0.25) is 4.79 Å². The number of rotatable bonds is 4. The molecule has 2 aromatic heterocycles. The maximum Gasteiger partial charge on any atom is 0.407 e. The number of fused-ring (bicyclic) bond motifs is 1. The van der Waals surface area contributed by atoms with E-state index in [4.69, 9.17) is 4.74 Å². The minimum atomic E-state index is -0.514. The number of nitrogens with zero attached hydrogens (tertiary/aromatic N) is 2. The van der Waals surface area contributed by atoms with Crippen LogP contribution in [0.5, 0.6) is 0 Å². The number of hydrogen-bond acceptors (Lipinski definition) is 5. The van der Waals surface area contributed by atoms with E-state index in [-0.39, 0.29) is 17.9 Å². The van der Waals surface area contributed by atoms with E-state index in [1.54, 1.807) is 0 Å². The molecule has 2 aliphatic rings. The Bertz CT molecular complexity index is 897. The predicted molar refractivity (Wildman–Crippen MR) is 107 cm³/mol. The number of carbonyl (C=O) groups is 2. The third-order valence-electron chi connectivity index (χ3n) is 4.96. The fourth-order valence-electron chi connectivity index (χ4n) is 3.49. The summed E-state index contributed by atoms with van der Waals surface area (Å²) in [6.45, 7) is 7.04. The first-order valence-electron chi connectivity index (χ1n) is 9.82. The van der Waals surface area contributed by atoms with Crippen molar-refractivity contribution in [2.24, 2.45) is 5.92 Å². The highest BCUT2D eigenvalue weighted by Gasteiger charge is 2.31. The highest BCUT2D eigenvalue weighted by Crippen LogP contribution is 2.33. The number of carbonyl (C=O) groups excluding carboxylic acids is 2. The van der Waals surface area contributed by atoms with Gasteiger partial charge in [-0.15, -0.1) is 0 Å². The zero-order chi connectivity index (χ0) is 19.9. The molecule has 0 spiro atoms. The average molecular weight is 385 g/mol. The first-order valence-corrected chi connectivity index (χ1v) is 9.82. The topological polar surface area (TPSA) is 99.3 Å². The van der Waals surface area contributed by atoms with Crippen molar-refractivity contribution in [3.63, 3.8) is 0 Å². The summed E-state index contributed by atoms with van der Waals surface area (Å²) in [7, 11) is 0. The van der Waals surface area contributed by atoms with Gasteiger partial charge in [0.2, 0.25) is 5.91 Å². The Labute approximate surface area is 164 Å². The van der Waals surface area contributed by atoms with Crippen LogP contribution in [0.15, 0.2) is 18.3 Å². The van der Waals surface area contributed by atoms with E-state index in [0.717, 1.165) is 42.5 Å². The standard InChI is InChI=1S/C20H27N5O3/c1-20(2,3)28-19(27)22-13-7-9-25(11-13)15-10-16(24-18(26)12-4-5-12)23-17-14(15)6-8-21-17/h6,8,10,12-13H,4-5,7,9,11H2,1-3H3,(H,22,27)(H2,21,23,24,26)/t13-/m1/s1. The van der Waals surface area contributed by atoms with Crippen molar-refractivity contribution in [1.29, 1.82) is 0 Å². The SMILES string of the molecule is CC(C)(C)OC(=O)N[C@@H]1CCN(c2cc(NC(=O)C3CC3)nc3[nH]ccc23)C1. The highest BCUT2D eigenvalue weighted by atomic mass is 16.6. The number of anilines is 2. The second-order valence-corrected chi connectivity index (χ2v) is 8.61. The number of nitrogens with one attached hydrogen (secondary N) is 3. The van der Waals surface area contributed by atoms with Gasteiger partial charge >= 0.3 is 6.09 Å². The lowest BCUT2D eigenvalue weighted by atomic mass is 10.2. The van der Waals surface area contributed by atoms with Gasteiger partial charge in [0.15, 0.2) is 0 Å². The molecule has 0 bridgehead atoms. The number of aromatic nitrogens is 2. The Kier molecular flexibility index (Phi) is 4.64. The number of aromatic amines is 1. The zero-order valence-corrected chi connectivity index (χ0v) is 16.5. The van der Waals surface area contributed by atoms with Gasteiger partial charge in [-0.25, -0.2) is 9.78 Å². The van der Waals surface area contributed by atoms with Gasteiger partial charge < -0.3 is 25.3 Å². The van der Waals surface area contributed by atoms with Crippen LogP contribution in [0, 0.1) is 5.92 Å². The van der Waals surface area contributed by atoms with Crippen LogP contribution in [0.2, 0.25) is 0 Å². The molecule has 1 atom stereocenters. The summed E-state index contributed by atoms with van der Waals surface area (Å²) in [6.07, 6.45) is 4.19. The summed E-state index contributed by atoms with van der Waals surface area (Å²) in [5.74, 6) is 0.722. The molecule has 4 rings (SSSR count). The zero-order valence-electron chi connectivity index (χ0n) is 16.5. The molecule has 8 heteroatoms. The van der Waals surface area contributed by atoms with Crippen molar-refractivity contribution in [2.45, 2.75) is 51.7 Å². The van der Waals surface area contributed by atoms with Crippen LogP contribution in [-0.4, -0.2) is 46.7 Å². The molecule has 8 nitrogen and oxygen atoms in total. The molecule has 2 amide bonds. The summed E-state index contributed by atoms with van der Waals surface area (Å²) in [6, 6.07) is 3.92. The van der Waals surface area contributed by atoms with Gasteiger partial charge in [-0.2, -0.15) is 0 Å². The molecule has 3 heterocycles. The van der Waals surface area contributed by atoms with Crippen molar-refractivity contribution in [1.82, 2.24) is 15.3 Å². The average Bonchev–Trinajstić information content (AvgIpc) is 3.17. The molecule has 3 N–H and O–H groups in total. The quantitative estimate of drug-likeness (QED) is 0.751. The number of amides is 2. The smallest absolute Gasteiger partial charge is 0.407 e. The van der Waals surface area contributed by atoms with E-state index in [9.17, 15) is 9.59 Å². The molecule has 2 fully saturated rings. The summed E-state index contributed by atoms with van der Waals surface area (Å²) in [5, 5.41) is 6.89. The minimum absolute atomic E-state index is 0.0153. The lowest BCUT2D eigenvalue weighted by molar-refractivity contribution is -0.117. The van der Waals surface area contributed by atoms with Gasteiger partial charge in [0, 0.05) is 36.7 Å². The first-order chi connectivity index (χ1) is 13.3. The number of hydrogen-bond donors (Lipinski definition) is 3. The second-order valence-electron chi connectivity index (χ2n) is 8.61. The van der Waals surface area contributed by atoms with Crippen molar-refractivity contribution in [3.05, 3.63) is 18.3 Å². The molecule has 0 unspecified atom stereocenters. The number of alkyl carbamates (subject to hydrolysis) is 1. The van der Waals surface area contributed by atoms with Crippen molar-refractivity contribution >= 4 is 34.5 Å². The molecule has 0 radical (unpaired) electrons. The predicted octanol–water partition coefficient (Wildman–Crippen LogP) is 3.01. The number of pyridine rings is 1. The van der Waals surface area contributed by atoms with Crippen molar-refractivity contribution < 1.29 is 14.3 Å². The van der Waals surface area contributed by atoms with E-state index in [2.05, 4.69) is 25.5 Å². The second kappa shape index (κ2) is 7.00. The molecule has 1 saturated carbocycles. The largest absolute Gasteiger partial charge is 0.444 e. The molecule has 1 aliphatic carbocycles. The van der Waals surface area contributed by atoms with Crippen LogP contribution in [-0.2, 0) is 9.53 Å². The normalized spacial score (nSPS) is 19.7. The molecular formula is C20H27N5O3. The van der Waals surface area contributed by atoms with Gasteiger partial charge in [0.1, 0.15) is 17.1 Å². The van der Waals surface area contributed by atoms with Gasteiger partial charge in [0.05, 0.1) is 11.7 Å². The minimum Gasteiger partial charge on any atom is -0.444 e. The molecule has 150 valence electrons. The van der Waals surface area contributed by atoms with E-state index in [1.165, 1.54) is 0 Å². The van der Waals surface area contributed by atoms with Crippen LogP contribution in [0.1, 0.15) is 40.0 Å². The van der Waals surface area contributed by atoms with Gasteiger partial charge in [-0.05, 0) is 46.1 Å². The Balaban J connectivity index is 1.48. The van der Waals surface area contributed by atoms with Crippen LogP contribution >= 0.6 is 0 Å². The maximum atomic E-state index is 12.1. The van der Waals surface area contributed by atoms with Crippen LogP contribution in [0.4, 0.5) is 16.3 Å². The third kappa shape index (κ3) is 4.21. The van der Waals surface area contributed by atoms with E-state index in [1.807, 2.05) is 39.1 Å². The lowest BCUT2D eigenvalue weighted by Crippen LogP contribution is -2.40. The number of H-pyrrole nitrogens is 1. The van der Waals surface area contributed by atoms with E-state index < -0.39 is 11.7 Å². The van der Waals surface area contributed by atoms with Gasteiger partial charge in [-0.1, -0.05) is 0 Å². The summed E-state index contributed by atoms with van der Waals surface area (Å²) in [5.41, 5.74) is 1.23. The van der Waals surface area contributed by atoms with Gasteiger partial charge in [0.25, 0.3) is 0 Å².